The number of hydrogen-bond acceptors (Lipinski definition) is 2. The van der Waals surface area contributed by atoms with Gasteiger partial charge >= 0.3 is 0 Å². The molecule has 1 aromatic heterocycles. The second-order valence-corrected chi connectivity index (χ2v) is 6.04. The molecule has 0 fully saturated rings. The number of benzene rings is 1. The van der Waals surface area contributed by atoms with Crippen molar-refractivity contribution in [2.75, 3.05) is 6.54 Å². The number of nitrogens with zero attached hydrogens (tertiary/aromatic N) is 1. The third-order valence-electron chi connectivity index (χ3n) is 3.16. The van der Waals surface area contributed by atoms with E-state index in [1.807, 2.05) is 30.5 Å². The standard InChI is InChI=1S/C16H18BrClN2/c1-2-19-15(9-12-5-3-4-6-16(12)18)10-14-8-7-13(17)11-20-14/h3-8,11,15,19H,2,9-10H2,1H3. The van der Waals surface area contributed by atoms with Crippen molar-refractivity contribution in [3.05, 3.63) is 63.3 Å². The van der Waals surface area contributed by atoms with Crippen molar-refractivity contribution in [1.29, 1.82) is 0 Å². The van der Waals surface area contributed by atoms with E-state index in [1.165, 1.54) is 5.56 Å². The lowest BCUT2D eigenvalue weighted by Gasteiger charge is -2.18. The molecule has 1 N–H and O–H groups in total. The van der Waals surface area contributed by atoms with E-state index < -0.39 is 0 Å². The van der Waals surface area contributed by atoms with Crippen LogP contribution in [0.15, 0.2) is 47.1 Å². The Kier molecular flexibility index (Phi) is 6.02. The summed E-state index contributed by atoms with van der Waals surface area (Å²) in [7, 11) is 0. The van der Waals surface area contributed by atoms with E-state index >= 15 is 0 Å². The smallest absolute Gasteiger partial charge is 0.0438 e. The molecule has 0 aliphatic rings. The molecular weight excluding hydrogens is 336 g/mol. The average molecular weight is 354 g/mol. The molecule has 0 bridgehead atoms. The van der Waals surface area contributed by atoms with Crippen LogP contribution < -0.4 is 5.32 Å². The summed E-state index contributed by atoms with van der Waals surface area (Å²) in [4.78, 5) is 4.44. The van der Waals surface area contributed by atoms with Crippen LogP contribution in [0.2, 0.25) is 5.02 Å². The van der Waals surface area contributed by atoms with Crippen molar-refractivity contribution in [3.63, 3.8) is 0 Å². The van der Waals surface area contributed by atoms with Crippen LogP contribution in [0.5, 0.6) is 0 Å². The van der Waals surface area contributed by atoms with E-state index in [0.29, 0.717) is 6.04 Å². The lowest BCUT2D eigenvalue weighted by molar-refractivity contribution is 0.516. The first-order valence-electron chi connectivity index (χ1n) is 6.76. The summed E-state index contributed by atoms with van der Waals surface area (Å²) >= 11 is 9.65. The van der Waals surface area contributed by atoms with E-state index in [2.05, 4.69) is 45.3 Å². The molecular formula is C16H18BrClN2. The highest BCUT2D eigenvalue weighted by atomic mass is 79.9. The molecule has 2 aromatic rings. The van der Waals surface area contributed by atoms with Gasteiger partial charge < -0.3 is 5.32 Å². The Morgan fingerprint density at radius 2 is 2.00 bits per heavy atom. The van der Waals surface area contributed by atoms with Crippen LogP contribution in [0.4, 0.5) is 0 Å². The molecule has 0 radical (unpaired) electrons. The van der Waals surface area contributed by atoms with Gasteiger partial charge in [-0.1, -0.05) is 36.7 Å². The van der Waals surface area contributed by atoms with Gasteiger partial charge in [-0.25, -0.2) is 0 Å². The molecule has 0 saturated carbocycles. The second-order valence-electron chi connectivity index (χ2n) is 4.72. The number of rotatable bonds is 6. The number of aromatic nitrogens is 1. The van der Waals surface area contributed by atoms with Gasteiger partial charge in [0.15, 0.2) is 0 Å². The summed E-state index contributed by atoms with van der Waals surface area (Å²) < 4.78 is 1.01. The number of hydrogen-bond donors (Lipinski definition) is 1. The summed E-state index contributed by atoms with van der Waals surface area (Å²) in [5, 5.41) is 4.34. The highest BCUT2D eigenvalue weighted by molar-refractivity contribution is 9.10. The molecule has 1 atom stereocenters. The Hall–Kier alpha value is -0.900. The fourth-order valence-electron chi connectivity index (χ4n) is 2.21. The van der Waals surface area contributed by atoms with Crippen LogP contribution in [0.3, 0.4) is 0 Å². The first-order chi connectivity index (χ1) is 9.69. The zero-order valence-electron chi connectivity index (χ0n) is 11.4. The number of halogens is 2. The highest BCUT2D eigenvalue weighted by Gasteiger charge is 2.12. The molecule has 2 rings (SSSR count). The lowest BCUT2D eigenvalue weighted by Crippen LogP contribution is -2.33. The molecule has 4 heteroatoms. The Morgan fingerprint density at radius 1 is 1.20 bits per heavy atom. The maximum absolute atomic E-state index is 6.24. The van der Waals surface area contributed by atoms with Crippen LogP contribution in [0.25, 0.3) is 0 Å². The molecule has 0 aliphatic carbocycles. The van der Waals surface area contributed by atoms with Gasteiger partial charge in [0, 0.05) is 33.8 Å². The first kappa shape index (κ1) is 15.5. The van der Waals surface area contributed by atoms with Crippen LogP contribution in [-0.2, 0) is 12.8 Å². The van der Waals surface area contributed by atoms with Crippen molar-refractivity contribution < 1.29 is 0 Å². The van der Waals surface area contributed by atoms with Gasteiger partial charge in [-0.2, -0.15) is 0 Å². The van der Waals surface area contributed by atoms with Crippen molar-refractivity contribution in [2.45, 2.75) is 25.8 Å². The molecule has 1 aromatic carbocycles. The third kappa shape index (κ3) is 4.58. The summed E-state index contributed by atoms with van der Waals surface area (Å²) in [6, 6.07) is 12.4. The zero-order valence-corrected chi connectivity index (χ0v) is 13.8. The Labute approximate surface area is 133 Å². The van der Waals surface area contributed by atoms with Gasteiger partial charge in [-0.3, -0.25) is 4.98 Å². The molecule has 106 valence electrons. The highest BCUT2D eigenvalue weighted by Crippen LogP contribution is 2.18. The van der Waals surface area contributed by atoms with Crippen LogP contribution >= 0.6 is 27.5 Å². The molecule has 20 heavy (non-hydrogen) atoms. The summed E-state index contributed by atoms with van der Waals surface area (Å²) in [6.45, 7) is 3.06. The molecule has 0 saturated heterocycles. The van der Waals surface area contributed by atoms with Gasteiger partial charge in [0.1, 0.15) is 0 Å². The molecule has 0 aliphatic heterocycles. The first-order valence-corrected chi connectivity index (χ1v) is 7.93. The molecule has 1 unspecified atom stereocenters. The maximum Gasteiger partial charge on any atom is 0.0438 e. The Morgan fingerprint density at radius 3 is 2.65 bits per heavy atom. The maximum atomic E-state index is 6.24. The van der Waals surface area contributed by atoms with Gasteiger partial charge in [0.2, 0.25) is 0 Å². The monoisotopic (exact) mass is 352 g/mol. The third-order valence-corrected chi connectivity index (χ3v) is 4.00. The van der Waals surface area contributed by atoms with Gasteiger partial charge in [0.25, 0.3) is 0 Å². The molecule has 2 nitrogen and oxygen atoms in total. The summed E-state index contributed by atoms with van der Waals surface area (Å²) in [5.41, 5.74) is 2.27. The quantitative estimate of drug-likeness (QED) is 0.839. The normalized spacial score (nSPS) is 12.3. The van der Waals surface area contributed by atoms with Crippen LogP contribution in [0.1, 0.15) is 18.2 Å². The SMILES string of the molecule is CCNC(Cc1ccc(Br)cn1)Cc1ccccc1Cl. The predicted octanol–water partition coefficient (Wildman–Crippen LogP) is 4.26. The van der Waals surface area contributed by atoms with E-state index in [0.717, 1.165) is 34.6 Å². The fraction of sp³-hybridized carbons (Fsp3) is 0.312. The minimum absolute atomic E-state index is 0.341. The largest absolute Gasteiger partial charge is 0.314 e. The number of pyridine rings is 1. The predicted molar refractivity (Wildman–Crippen MR) is 88.3 cm³/mol. The van der Waals surface area contributed by atoms with Gasteiger partial charge in [-0.15, -0.1) is 0 Å². The number of likely N-dealkylation sites (N-methyl/N-ethyl adjacent to an activating group) is 1. The van der Waals surface area contributed by atoms with E-state index in [1.54, 1.807) is 0 Å². The molecule has 0 amide bonds. The summed E-state index contributed by atoms with van der Waals surface area (Å²) in [5.74, 6) is 0. The van der Waals surface area contributed by atoms with Gasteiger partial charge in [0.05, 0.1) is 0 Å². The van der Waals surface area contributed by atoms with Crippen molar-refractivity contribution in [1.82, 2.24) is 10.3 Å². The summed E-state index contributed by atoms with van der Waals surface area (Å²) in [6.07, 6.45) is 3.64. The minimum Gasteiger partial charge on any atom is -0.314 e. The van der Waals surface area contributed by atoms with Gasteiger partial charge in [-0.05, 0) is 52.7 Å². The Bertz CT molecular complexity index is 542. The van der Waals surface area contributed by atoms with E-state index in [9.17, 15) is 0 Å². The molecule has 0 spiro atoms. The zero-order chi connectivity index (χ0) is 14.4. The second kappa shape index (κ2) is 7.77. The van der Waals surface area contributed by atoms with Crippen LogP contribution in [-0.4, -0.2) is 17.6 Å². The topological polar surface area (TPSA) is 24.9 Å². The fourth-order valence-corrected chi connectivity index (χ4v) is 2.66. The number of nitrogens with one attached hydrogen (secondary N) is 1. The average Bonchev–Trinajstić information content (AvgIpc) is 2.44. The van der Waals surface area contributed by atoms with E-state index in [4.69, 9.17) is 11.6 Å². The van der Waals surface area contributed by atoms with Crippen LogP contribution in [0, 0.1) is 0 Å². The lowest BCUT2D eigenvalue weighted by atomic mass is 10.0. The van der Waals surface area contributed by atoms with Crippen molar-refractivity contribution in [2.24, 2.45) is 0 Å². The Balaban J connectivity index is 2.07. The minimum atomic E-state index is 0.341. The van der Waals surface area contributed by atoms with Crippen molar-refractivity contribution >= 4 is 27.5 Å². The molecule has 1 heterocycles. The van der Waals surface area contributed by atoms with Crippen molar-refractivity contribution in [3.8, 4) is 0 Å². The van der Waals surface area contributed by atoms with E-state index in [-0.39, 0.29) is 0 Å².